The van der Waals surface area contributed by atoms with Crippen LogP contribution in [0.4, 0.5) is 5.69 Å². The normalized spacial score (nSPS) is 11.1. The predicted molar refractivity (Wildman–Crippen MR) is 85.5 cm³/mol. The Balaban J connectivity index is 0.00000220. The number of carboxylic acids is 1. The predicted octanol–water partition coefficient (Wildman–Crippen LogP) is 4.18. The van der Waals surface area contributed by atoms with Crippen molar-refractivity contribution in [3.05, 3.63) is 54.6 Å². The number of para-hydroxylation sites is 1. The third kappa shape index (κ3) is 5.75. The molecule has 0 spiro atoms. The molecule has 0 aromatic heterocycles. The van der Waals surface area contributed by atoms with Gasteiger partial charge in [-0.1, -0.05) is 18.2 Å². The maximum absolute atomic E-state index is 10.6. The Kier molecular flexibility index (Phi) is 6.56. The summed E-state index contributed by atoms with van der Waals surface area (Å²) < 4.78 is 5.68. The second kappa shape index (κ2) is 8.17. The number of benzene rings is 2. The smallest absolute Gasteiger partial charge is 0.305 e. The second-order valence-electron chi connectivity index (χ2n) is 4.58. The van der Waals surface area contributed by atoms with Gasteiger partial charge >= 0.3 is 5.97 Å². The molecule has 4 nitrogen and oxygen atoms in total. The molecule has 0 aliphatic rings. The summed E-state index contributed by atoms with van der Waals surface area (Å²) in [5.41, 5.74) is 0.874. The zero-order valence-electron chi connectivity index (χ0n) is 11.7. The maximum atomic E-state index is 10.6. The van der Waals surface area contributed by atoms with Gasteiger partial charge < -0.3 is 15.2 Å². The quantitative estimate of drug-likeness (QED) is 0.840. The molecule has 2 aromatic carbocycles. The van der Waals surface area contributed by atoms with E-state index in [1.54, 1.807) is 0 Å². The largest absolute Gasteiger partial charge is 0.481 e. The number of halogens is 1. The number of hydrogen-bond acceptors (Lipinski definition) is 3. The van der Waals surface area contributed by atoms with E-state index < -0.39 is 5.97 Å². The molecular formula is C16H18ClNO3. The molecular weight excluding hydrogens is 290 g/mol. The first kappa shape index (κ1) is 16.9. The molecule has 0 aliphatic heterocycles. The fraction of sp³-hybridized carbons (Fsp3) is 0.188. The van der Waals surface area contributed by atoms with E-state index in [4.69, 9.17) is 9.84 Å². The molecule has 0 fully saturated rings. The van der Waals surface area contributed by atoms with Gasteiger partial charge in [-0.25, -0.2) is 0 Å². The number of carbonyl (C=O) groups is 1. The maximum Gasteiger partial charge on any atom is 0.305 e. The Labute approximate surface area is 130 Å². The van der Waals surface area contributed by atoms with E-state index in [0.29, 0.717) is 0 Å². The van der Waals surface area contributed by atoms with E-state index in [0.717, 1.165) is 17.2 Å². The lowest BCUT2D eigenvalue weighted by atomic mass is 10.2. The van der Waals surface area contributed by atoms with Crippen molar-refractivity contribution in [2.24, 2.45) is 0 Å². The summed E-state index contributed by atoms with van der Waals surface area (Å²) in [4.78, 5) is 10.6. The lowest BCUT2D eigenvalue weighted by Gasteiger charge is -2.13. The number of hydrogen-bond donors (Lipinski definition) is 2. The molecule has 2 aromatic rings. The van der Waals surface area contributed by atoms with Crippen LogP contribution in [-0.4, -0.2) is 17.1 Å². The molecule has 1 atom stereocenters. The lowest BCUT2D eigenvalue weighted by molar-refractivity contribution is -0.137. The van der Waals surface area contributed by atoms with Gasteiger partial charge in [-0.05, 0) is 43.3 Å². The van der Waals surface area contributed by atoms with Crippen molar-refractivity contribution < 1.29 is 14.6 Å². The fourth-order valence-electron chi connectivity index (χ4n) is 1.84. The van der Waals surface area contributed by atoms with Crippen LogP contribution in [0.2, 0.25) is 0 Å². The van der Waals surface area contributed by atoms with E-state index in [1.807, 2.05) is 61.5 Å². The zero-order chi connectivity index (χ0) is 14.4. The first-order chi connectivity index (χ1) is 9.63. The van der Waals surface area contributed by atoms with E-state index in [-0.39, 0.29) is 24.9 Å². The molecule has 0 aliphatic carbocycles. The molecule has 0 saturated carbocycles. The molecule has 2 N–H and O–H groups in total. The van der Waals surface area contributed by atoms with Crippen molar-refractivity contribution in [1.29, 1.82) is 0 Å². The standard InChI is InChI=1S/C16H17NO3.ClH/c1-12(11-16(18)19)17-13-7-9-15(10-8-13)20-14-5-3-2-4-6-14;/h2-10,12,17H,11H2,1H3,(H,18,19);1H. The summed E-state index contributed by atoms with van der Waals surface area (Å²) in [7, 11) is 0. The SMILES string of the molecule is CC(CC(=O)O)Nc1ccc(Oc2ccccc2)cc1.Cl. The van der Waals surface area contributed by atoms with Crippen LogP contribution < -0.4 is 10.1 Å². The van der Waals surface area contributed by atoms with Gasteiger partial charge in [-0.3, -0.25) is 4.79 Å². The van der Waals surface area contributed by atoms with Gasteiger partial charge in [0.05, 0.1) is 6.42 Å². The molecule has 0 heterocycles. The highest BCUT2D eigenvalue weighted by Gasteiger charge is 2.07. The summed E-state index contributed by atoms with van der Waals surface area (Å²) in [6.45, 7) is 1.84. The molecule has 5 heteroatoms. The minimum absolute atomic E-state index is 0. The zero-order valence-corrected chi connectivity index (χ0v) is 12.5. The Bertz CT molecular complexity index is 557. The Morgan fingerprint density at radius 3 is 2.24 bits per heavy atom. The highest BCUT2D eigenvalue weighted by atomic mass is 35.5. The van der Waals surface area contributed by atoms with Crippen LogP contribution in [0.5, 0.6) is 11.5 Å². The summed E-state index contributed by atoms with van der Waals surface area (Å²) in [6.07, 6.45) is 0.0856. The molecule has 0 amide bonds. The first-order valence-electron chi connectivity index (χ1n) is 6.45. The molecule has 21 heavy (non-hydrogen) atoms. The van der Waals surface area contributed by atoms with Crippen LogP contribution in [0, 0.1) is 0 Å². The number of carboxylic acid groups (broad SMARTS) is 1. The van der Waals surface area contributed by atoms with Crippen molar-refractivity contribution >= 4 is 24.1 Å². The average Bonchev–Trinajstić information content (AvgIpc) is 2.41. The molecule has 112 valence electrons. The summed E-state index contributed by atoms with van der Waals surface area (Å²) in [5, 5.41) is 11.8. The van der Waals surface area contributed by atoms with E-state index in [9.17, 15) is 4.79 Å². The highest BCUT2D eigenvalue weighted by Crippen LogP contribution is 2.22. The number of aliphatic carboxylic acids is 1. The van der Waals surface area contributed by atoms with Gasteiger partial charge in [0, 0.05) is 11.7 Å². The van der Waals surface area contributed by atoms with Crippen molar-refractivity contribution in [3.63, 3.8) is 0 Å². The average molecular weight is 308 g/mol. The van der Waals surface area contributed by atoms with Gasteiger partial charge in [-0.15, -0.1) is 12.4 Å². The fourth-order valence-corrected chi connectivity index (χ4v) is 1.84. The lowest BCUT2D eigenvalue weighted by Crippen LogP contribution is -2.19. The third-order valence-corrected chi connectivity index (χ3v) is 2.73. The summed E-state index contributed by atoms with van der Waals surface area (Å²) in [6, 6.07) is 16.9. The summed E-state index contributed by atoms with van der Waals surface area (Å²) >= 11 is 0. The van der Waals surface area contributed by atoms with Crippen molar-refractivity contribution in [3.8, 4) is 11.5 Å². The number of rotatable bonds is 6. The third-order valence-electron chi connectivity index (χ3n) is 2.73. The van der Waals surface area contributed by atoms with Crippen molar-refractivity contribution in [2.75, 3.05) is 5.32 Å². The second-order valence-corrected chi connectivity index (χ2v) is 4.58. The molecule has 0 saturated heterocycles. The van der Waals surface area contributed by atoms with E-state index >= 15 is 0 Å². The van der Waals surface area contributed by atoms with Crippen LogP contribution >= 0.6 is 12.4 Å². The molecule has 1 unspecified atom stereocenters. The minimum atomic E-state index is -0.811. The van der Waals surface area contributed by atoms with Gasteiger partial charge in [-0.2, -0.15) is 0 Å². The van der Waals surface area contributed by atoms with Gasteiger partial charge in [0.15, 0.2) is 0 Å². The monoisotopic (exact) mass is 307 g/mol. The number of nitrogens with one attached hydrogen (secondary N) is 1. The van der Waals surface area contributed by atoms with Crippen LogP contribution in [0.1, 0.15) is 13.3 Å². The van der Waals surface area contributed by atoms with Crippen molar-refractivity contribution in [2.45, 2.75) is 19.4 Å². The topological polar surface area (TPSA) is 58.6 Å². The van der Waals surface area contributed by atoms with E-state index in [1.165, 1.54) is 0 Å². The van der Waals surface area contributed by atoms with Gasteiger partial charge in [0.1, 0.15) is 11.5 Å². The molecule has 0 bridgehead atoms. The summed E-state index contributed by atoms with van der Waals surface area (Å²) in [5.74, 6) is 0.717. The van der Waals surface area contributed by atoms with Crippen LogP contribution in [0.3, 0.4) is 0 Å². The van der Waals surface area contributed by atoms with Gasteiger partial charge in [0.2, 0.25) is 0 Å². The Hall–Kier alpha value is -2.20. The van der Waals surface area contributed by atoms with Crippen LogP contribution in [-0.2, 0) is 4.79 Å². The van der Waals surface area contributed by atoms with Gasteiger partial charge in [0.25, 0.3) is 0 Å². The van der Waals surface area contributed by atoms with Crippen molar-refractivity contribution in [1.82, 2.24) is 0 Å². The van der Waals surface area contributed by atoms with E-state index in [2.05, 4.69) is 5.32 Å². The Morgan fingerprint density at radius 2 is 1.67 bits per heavy atom. The van der Waals surface area contributed by atoms with Crippen LogP contribution in [0.25, 0.3) is 0 Å². The Morgan fingerprint density at radius 1 is 1.10 bits per heavy atom. The first-order valence-corrected chi connectivity index (χ1v) is 6.45. The molecule has 0 radical (unpaired) electrons. The van der Waals surface area contributed by atoms with Crippen LogP contribution in [0.15, 0.2) is 54.6 Å². The minimum Gasteiger partial charge on any atom is -0.481 e. The number of anilines is 1. The highest BCUT2D eigenvalue weighted by molar-refractivity contribution is 5.85. The number of ether oxygens (including phenoxy) is 1. The molecule has 2 rings (SSSR count).